The van der Waals surface area contributed by atoms with Crippen molar-refractivity contribution in [3.8, 4) is 22.3 Å². The summed E-state index contributed by atoms with van der Waals surface area (Å²) in [5.41, 5.74) is 18.5. The molecule has 408 valence electrons. The lowest BCUT2D eigenvalue weighted by Crippen LogP contribution is -2.17. The summed E-state index contributed by atoms with van der Waals surface area (Å²) >= 11 is 0. The normalized spacial score (nSPS) is 13.7. The second kappa shape index (κ2) is 19.9. The van der Waals surface area contributed by atoms with Gasteiger partial charge < -0.3 is 0 Å². The lowest BCUT2D eigenvalue weighted by molar-refractivity contribution is 0.660. The third kappa shape index (κ3) is 8.47. The Balaban J connectivity index is 0.668. The number of hydrogen-bond donors (Lipinski definition) is 0. The maximum atomic E-state index is 5.12. The van der Waals surface area contributed by atoms with Gasteiger partial charge in [0.25, 0.3) is 0 Å². The van der Waals surface area contributed by atoms with E-state index in [2.05, 4.69) is 256 Å². The Labute approximate surface area is 500 Å². The summed E-state index contributed by atoms with van der Waals surface area (Å²) in [7, 11) is 0. The number of rotatable bonds is 10. The number of para-hydroxylation sites is 2. The van der Waals surface area contributed by atoms with Gasteiger partial charge in [-0.3, -0.25) is 9.80 Å². The number of hydrogen-bond acceptors (Lipinski definition) is 6. The molecule has 0 spiro atoms. The van der Waals surface area contributed by atoms with Crippen LogP contribution in [0.2, 0.25) is 0 Å². The standard InChI is InChI=1S/C80H58N6/c1-79(2)69-47-53(29-37-63(69)65-39-33-57(49-71(65)79)85(75-21-11-13-43-81-75)77-41-31-55-15-5-9-19-73(55)83-77)25-23-51-27-35-61-62-36-28-52(46-68(62)60-18-8-7-17-59(60)67(61)45-51)24-26-54-30-38-64-66-40-34-58(50-72(66)80(3,4)70(64)48-54)86(76-22-12-14-44-82-76)78-42-32-56-16-6-10-20-74(56)84-78/h5-50H,1-4H3. The molecule has 0 aliphatic heterocycles. The van der Waals surface area contributed by atoms with Crippen LogP contribution in [0.3, 0.4) is 0 Å². The van der Waals surface area contributed by atoms with Crippen molar-refractivity contribution in [2.45, 2.75) is 38.5 Å². The minimum atomic E-state index is -0.239. The van der Waals surface area contributed by atoms with Crippen molar-refractivity contribution in [2.75, 3.05) is 9.80 Å². The van der Waals surface area contributed by atoms with Crippen molar-refractivity contribution < 1.29 is 0 Å². The molecule has 2 aliphatic rings. The molecule has 2 aliphatic carbocycles. The molecule has 0 saturated heterocycles. The Hall–Kier alpha value is -10.8. The molecule has 0 fully saturated rings. The van der Waals surface area contributed by atoms with Crippen LogP contribution in [0.4, 0.5) is 34.6 Å². The zero-order valence-corrected chi connectivity index (χ0v) is 48.2. The van der Waals surface area contributed by atoms with E-state index in [0.717, 1.165) is 67.6 Å². The summed E-state index contributed by atoms with van der Waals surface area (Å²) < 4.78 is 0. The quantitative estimate of drug-likeness (QED) is 0.100. The Bertz CT molecular complexity index is 4790. The summed E-state index contributed by atoms with van der Waals surface area (Å²) in [4.78, 5) is 24.2. The van der Waals surface area contributed by atoms with Gasteiger partial charge in [-0.15, -0.1) is 0 Å². The average Bonchev–Trinajstić information content (AvgIpc) is 1.94. The van der Waals surface area contributed by atoms with Crippen molar-refractivity contribution in [1.82, 2.24) is 19.9 Å². The van der Waals surface area contributed by atoms with Crippen LogP contribution < -0.4 is 9.80 Å². The van der Waals surface area contributed by atoms with Crippen molar-refractivity contribution in [1.29, 1.82) is 0 Å². The molecule has 0 N–H and O–H groups in total. The highest BCUT2D eigenvalue weighted by atomic mass is 15.2. The van der Waals surface area contributed by atoms with Gasteiger partial charge in [0.2, 0.25) is 0 Å². The topological polar surface area (TPSA) is 58.0 Å². The van der Waals surface area contributed by atoms with Crippen LogP contribution in [0, 0.1) is 0 Å². The highest BCUT2D eigenvalue weighted by Crippen LogP contribution is 2.53. The Morgan fingerprint density at radius 1 is 0.291 bits per heavy atom. The fourth-order valence-electron chi connectivity index (χ4n) is 13.7. The smallest absolute Gasteiger partial charge is 0.139 e. The van der Waals surface area contributed by atoms with Gasteiger partial charge >= 0.3 is 0 Å². The molecule has 0 atom stereocenters. The van der Waals surface area contributed by atoms with Crippen LogP contribution in [-0.4, -0.2) is 19.9 Å². The van der Waals surface area contributed by atoms with Crippen molar-refractivity contribution in [3.05, 3.63) is 300 Å². The van der Waals surface area contributed by atoms with Gasteiger partial charge in [0.05, 0.1) is 11.0 Å². The van der Waals surface area contributed by atoms with Crippen LogP contribution >= 0.6 is 0 Å². The van der Waals surface area contributed by atoms with E-state index >= 15 is 0 Å². The molecule has 6 heteroatoms. The summed E-state index contributed by atoms with van der Waals surface area (Å²) in [6.07, 6.45) is 12.8. The Morgan fingerprint density at radius 3 is 1.08 bits per heavy atom. The maximum absolute atomic E-state index is 5.12. The van der Waals surface area contributed by atoms with E-state index in [9.17, 15) is 0 Å². The number of aromatic nitrogens is 4. The molecule has 6 nitrogen and oxygen atoms in total. The van der Waals surface area contributed by atoms with Crippen LogP contribution in [-0.2, 0) is 10.8 Å². The predicted octanol–water partition coefficient (Wildman–Crippen LogP) is 20.9. The molecule has 0 bridgehead atoms. The van der Waals surface area contributed by atoms with Crippen LogP contribution in [0.5, 0.6) is 0 Å². The first-order valence-electron chi connectivity index (χ1n) is 29.6. The highest BCUT2D eigenvalue weighted by molar-refractivity contribution is 6.26. The van der Waals surface area contributed by atoms with Gasteiger partial charge in [0, 0.05) is 45.4 Å². The number of anilines is 6. The summed E-state index contributed by atoms with van der Waals surface area (Å²) in [5, 5.41) is 9.72. The van der Waals surface area contributed by atoms with E-state index in [4.69, 9.17) is 19.9 Å². The second-order valence-corrected chi connectivity index (χ2v) is 23.9. The number of benzene rings is 10. The monoisotopic (exact) mass is 1100 g/mol. The van der Waals surface area contributed by atoms with Gasteiger partial charge in [0.1, 0.15) is 23.3 Å². The Kier molecular flexibility index (Phi) is 11.8. The predicted molar refractivity (Wildman–Crippen MR) is 360 cm³/mol. The molecule has 0 radical (unpaired) electrons. The average molecular weight is 1100 g/mol. The van der Waals surface area contributed by atoms with E-state index in [1.165, 1.54) is 88.0 Å². The molecule has 16 rings (SSSR count). The molecule has 0 amide bonds. The summed E-state index contributed by atoms with van der Waals surface area (Å²) in [5.74, 6) is 3.31. The zero-order valence-electron chi connectivity index (χ0n) is 48.2. The van der Waals surface area contributed by atoms with Crippen LogP contribution in [0.1, 0.15) is 72.2 Å². The van der Waals surface area contributed by atoms with Crippen molar-refractivity contribution in [3.63, 3.8) is 0 Å². The van der Waals surface area contributed by atoms with E-state index in [1.807, 2.05) is 60.9 Å². The third-order valence-corrected chi connectivity index (χ3v) is 18.1. The van der Waals surface area contributed by atoms with Gasteiger partial charge in [0.15, 0.2) is 0 Å². The first-order chi connectivity index (χ1) is 42.1. The molecule has 10 aromatic carbocycles. The molecule has 4 aromatic heterocycles. The summed E-state index contributed by atoms with van der Waals surface area (Å²) in [6, 6.07) is 87.3. The van der Waals surface area contributed by atoms with Crippen LogP contribution in [0.25, 0.3) is 101 Å². The van der Waals surface area contributed by atoms with Gasteiger partial charge in [-0.1, -0.05) is 198 Å². The molecule has 14 aromatic rings. The first-order valence-corrected chi connectivity index (χ1v) is 29.6. The minimum Gasteiger partial charge on any atom is -0.279 e. The van der Waals surface area contributed by atoms with Crippen molar-refractivity contribution >= 4 is 113 Å². The largest absolute Gasteiger partial charge is 0.279 e. The fourth-order valence-corrected chi connectivity index (χ4v) is 13.7. The number of pyridine rings is 4. The SMILES string of the molecule is CC1(C)c2cc(C=Cc3ccc4c5ccc(C=Cc6ccc7c(c6)C(C)(C)c6cc(N(c8ccccn8)c8ccc9ccccc9n8)ccc6-7)cc5c5ccccc5c4c3)ccc2-c2ccc(N(c3ccccn3)c3ccc4ccccc4n3)cc21. The van der Waals surface area contributed by atoms with E-state index in [1.54, 1.807) is 0 Å². The molecule has 4 heterocycles. The van der Waals surface area contributed by atoms with Crippen molar-refractivity contribution in [2.24, 2.45) is 0 Å². The summed E-state index contributed by atoms with van der Waals surface area (Å²) in [6.45, 7) is 9.39. The molecule has 0 saturated carbocycles. The van der Waals surface area contributed by atoms with Gasteiger partial charge in [-0.25, -0.2) is 19.9 Å². The van der Waals surface area contributed by atoms with Crippen LogP contribution in [0.15, 0.2) is 255 Å². The lowest BCUT2D eigenvalue weighted by atomic mass is 9.81. The van der Waals surface area contributed by atoms with Gasteiger partial charge in [-0.2, -0.15) is 0 Å². The zero-order chi connectivity index (χ0) is 57.7. The molecule has 0 unspecified atom stereocenters. The van der Waals surface area contributed by atoms with E-state index in [-0.39, 0.29) is 10.8 Å². The van der Waals surface area contributed by atoms with E-state index in [0.29, 0.717) is 0 Å². The third-order valence-electron chi connectivity index (χ3n) is 18.1. The lowest BCUT2D eigenvalue weighted by Gasteiger charge is -2.26. The first kappa shape index (κ1) is 50.9. The minimum absolute atomic E-state index is 0.239. The molecular weight excluding hydrogens is 1040 g/mol. The molecule has 86 heavy (non-hydrogen) atoms. The fraction of sp³-hybridized carbons (Fsp3) is 0.0750. The van der Waals surface area contributed by atoms with E-state index < -0.39 is 0 Å². The maximum Gasteiger partial charge on any atom is 0.139 e. The Morgan fingerprint density at radius 2 is 0.651 bits per heavy atom. The number of fused-ring (bicyclic) bond motifs is 14. The van der Waals surface area contributed by atoms with Gasteiger partial charge in [-0.05, 0) is 196 Å². The molecular formula is C80H58N6. The second-order valence-electron chi connectivity index (χ2n) is 23.9. The number of nitrogens with zero attached hydrogens (tertiary/aromatic N) is 6. The highest BCUT2D eigenvalue weighted by Gasteiger charge is 2.38.